The largest absolute Gasteiger partial charge is 0.418 e. The Hall–Kier alpha value is -3.90. The zero-order valence-electron chi connectivity index (χ0n) is 20.6. The third-order valence-corrected chi connectivity index (χ3v) is 6.39. The highest BCUT2D eigenvalue weighted by molar-refractivity contribution is 6.30. The normalized spacial score (nSPS) is 17.0. The molecule has 8 nitrogen and oxygen atoms in total. The van der Waals surface area contributed by atoms with Gasteiger partial charge < -0.3 is 26.0 Å². The van der Waals surface area contributed by atoms with E-state index >= 15 is 0 Å². The molecule has 1 aliphatic rings. The van der Waals surface area contributed by atoms with Crippen LogP contribution in [0.2, 0.25) is 5.02 Å². The van der Waals surface area contributed by atoms with Gasteiger partial charge in [0.05, 0.1) is 29.1 Å². The van der Waals surface area contributed by atoms with Crippen LogP contribution in [0.15, 0.2) is 54.9 Å². The van der Waals surface area contributed by atoms with Crippen molar-refractivity contribution in [1.29, 1.82) is 0 Å². The number of carbonyl (C=O) groups is 2. The van der Waals surface area contributed by atoms with Crippen molar-refractivity contribution in [3.63, 3.8) is 0 Å². The topological polar surface area (TPSA) is 104 Å². The van der Waals surface area contributed by atoms with Crippen molar-refractivity contribution in [3.05, 3.63) is 82.4 Å². The zero-order chi connectivity index (χ0) is 28.2. The van der Waals surface area contributed by atoms with E-state index in [0.717, 1.165) is 18.2 Å². The first-order valence-corrected chi connectivity index (χ1v) is 12.1. The second kappa shape index (κ2) is 11.5. The summed E-state index contributed by atoms with van der Waals surface area (Å²) in [7, 11) is 1.68. The second-order valence-electron chi connectivity index (χ2n) is 8.85. The van der Waals surface area contributed by atoms with Gasteiger partial charge in [-0.15, -0.1) is 0 Å². The number of halogens is 5. The Labute approximate surface area is 226 Å². The number of hydrogen-bond acceptors (Lipinski definition) is 6. The maximum atomic E-state index is 14.8. The quantitative estimate of drug-likeness (QED) is 0.290. The van der Waals surface area contributed by atoms with Crippen molar-refractivity contribution < 1.29 is 31.9 Å². The molecule has 3 aromatic rings. The summed E-state index contributed by atoms with van der Waals surface area (Å²) in [4.78, 5) is 30.0. The third kappa shape index (κ3) is 6.58. The number of ether oxygens (including phenoxy) is 1. The third-order valence-electron chi connectivity index (χ3n) is 6.16. The van der Waals surface area contributed by atoms with Gasteiger partial charge in [0.2, 0.25) is 5.91 Å². The minimum atomic E-state index is -4.67. The Kier molecular flexibility index (Phi) is 8.26. The van der Waals surface area contributed by atoms with Gasteiger partial charge in [0.1, 0.15) is 11.4 Å². The Morgan fingerprint density at radius 2 is 1.90 bits per heavy atom. The molecule has 0 saturated carbocycles. The van der Waals surface area contributed by atoms with Crippen LogP contribution in [0.5, 0.6) is 0 Å². The van der Waals surface area contributed by atoms with Gasteiger partial charge in [-0.1, -0.05) is 17.7 Å². The van der Waals surface area contributed by atoms with Crippen LogP contribution in [-0.4, -0.2) is 42.6 Å². The molecule has 0 spiro atoms. The average molecular weight is 566 g/mol. The number of carbonyl (C=O) groups excluding carboxylic acids is 2. The monoisotopic (exact) mass is 565 g/mol. The van der Waals surface area contributed by atoms with Gasteiger partial charge in [-0.3, -0.25) is 14.6 Å². The number of rotatable bonds is 8. The van der Waals surface area contributed by atoms with Gasteiger partial charge in [0, 0.05) is 55.3 Å². The molecule has 206 valence electrons. The van der Waals surface area contributed by atoms with E-state index in [0.29, 0.717) is 5.69 Å². The Morgan fingerprint density at radius 3 is 2.56 bits per heavy atom. The van der Waals surface area contributed by atoms with Crippen molar-refractivity contribution in [1.82, 2.24) is 15.6 Å². The molecule has 1 aromatic heterocycles. The van der Waals surface area contributed by atoms with Crippen molar-refractivity contribution in [3.8, 4) is 0 Å². The summed E-state index contributed by atoms with van der Waals surface area (Å²) < 4.78 is 60.3. The molecule has 2 aromatic carbocycles. The summed E-state index contributed by atoms with van der Waals surface area (Å²) in [5, 5.41) is 10.7. The molecule has 1 saturated heterocycles. The molecule has 2 amide bonds. The molecular weight excluding hydrogens is 542 g/mol. The Balaban J connectivity index is 1.44. The second-order valence-corrected chi connectivity index (χ2v) is 9.29. The summed E-state index contributed by atoms with van der Waals surface area (Å²) in [5.41, 5.74) is -1.64. The zero-order valence-corrected chi connectivity index (χ0v) is 21.3. The number of hydrogen-bond donors (Lipinski definition) is 4. The summed E-state index contributed by atoms with van der Waals surface area (Å²) in [6.07, 6.45) is -1.56. The summed E-state index contributed by atoms with van der Waals surface area (Å²) in [6, 6.07) is 8.54. The van der Waals surface area contributed by atoms with Crippen molar-refractivity contribution in [2.75, 3.05) is 30.9 Å². The number of anilines is 3. The minimum absolute atomic E-state index is 0.0701. The van der Waals surface area contributed by atoms with Gasteiger partial charge in [-0.2, -0.15) is 13.2 Å². The highest BCUT2D eigenvalue weighted by atomic mass is 35.5. The fourth-order valence-electron chi connectivity index (χ4n) is 4.02. The van der Waals surface area contributed by atoms with Crippen LogP contribution in [0.25, 0.3) is 0 Å². The van der Waals surface area contributed by atoms with Gasteiger partial charge in [0.15, 0.2) is 0 Å². The lowest BCUT2D eigenvalue weighted by molar-refractivity contribution is -0.137. The first-order valence-electron chi connectivity index (χ1n) is 11.7. The summed E-state index contributed by atoms with van der Waals surface area (Å²) >= 11 is 5.70. The standard InChI is InChI=1S/C26H24ClF4N5O3/c1-32-19-8-16(11-33-13-19)23(37)36-25(6-7-39-14-25)24(38)34-12-15-2-4-18(10-21(15)28)35-22-5-3-17(27)9-20(22)26(29,30)31/h2-5,8-11,13,32,35H,6-7,12,14H2,1H3,(H,34,38)(H,36,37)/t25-/m0/s1. The molecule has 1 aliphatic heterocycles. The lowest BCUT2D eigenvalue weighted by Crippen LogP contribution is -2.59. The van der Waals surface area contributed by atoms with E-state index in [1.807, 2.05) is 0 Å². The van der Waals surface area contributed by atoms with Crippen LogP contribution in [0.4, 0.5) is 34.6 Å². The number of pyridine rings is 1. The van der Waals surface area contributed by atoms with E-state index in [9.17, 15) is 27.2 Å². The molecule has 4 N–H and O–H groups in total. The van der Waals surface area contributed by atoms with Crippen LogP contribution < -0.4 is 21.3 Å². The molecule has 4 rings (SSSR count). The molecule has 0 radical (unpaired) electrons. The first-order chi connectivity index (χ1) is 18.5. The molecule has 0 bridgehead atoms. The number of aromatic nitrogens is 1. The smallest absolute Gasteiger partial charge is 0.387 e. The van der Waals surface area contributed by atoms with E-state index in [1.54, 1.807) is 13.1 Å². The lowest BCUT2D eigenvalue weighted by Gasteiger charge is -2.27. The molecular formula is C26H24ClF4N5O3. The Morgan fingerprint density at radius 1 is 1.10 bits per heavy atom. The number of benzene rings is 2. The average Bonchev–Trinajstić information content (AvgIpc) is 3.38. The molecule has 1 fully saturated rings. The molecule has 0 unspecified atom stereocenters. The van der Waals surface area contributed by atoms with E-state index in [1.165, 1.54) is 30.6 Å². The summed E-state index contributed by atoms with van der Waals surface area (Å²) in [6.45, 7) is -0.0619. The fraction of sp³-hybridized carbons (Fsp3) is 0.269. The molecule has 1 atom stereocenters. The molecule has 13 heteroatoms. The number of nitrogens with one attached hydrogen (secondary N) is 4. The molecule has 0 aliphatic carbocycles. The number of amides is 2. The number of nitrogens with zero attached hydrogens (tertiary/aromatic N) is 1. The lowest BCUT2D eigenvalue weighted by atomic mass is 9.96. The van der Waals surface area contributed by atoms with Crippen LogP contribution >= 0.6 is 11.6 Å². The van der Waals surface area contributed by atoms with E-state index in [4.69, 9.17) is 16.3 Å². The van der Waals surface area contributed by atoms with Gasteiger partial charge in [-0.05, 0) is 36.4 Å². The van der Waals surface area contributed by atoms with Crippen LogP contribution in [0, 0.1) is 5.82 Å². The van der Waals surface area contributed by atoms with Gasteiger partial charge in [0.25, 0.3) is 5.91 Å². The predicted octanol–water partition coefficient (Wildman–Crippen LogP) is 4.88. The first kappa shape index (κ1) is 28.1. The number of alkyl halides is 3. The highest BCUT2D eigenvalue weighted by Gasteiger charge is 2.44. The van der Waals surface area contributed by atoms with Crippen LogP contribution in [-0.2, 0) is 22.3 Å². The van der Waals surface area contributed by atoms with Crippen LogP contribution in [0.3, 0.4) is 0 Å². The van der Waals surface area contributed by atoms with E-state index in [-0.39, 0.29) is 53.7 Å². The predicted molar refractivity (Wildman–Crippen MR) is 137 cm³/mol. The minimum Gasteiger partial charge on any atom is -0.387 e. The van der Waals surface area contributed by atoms with Crippen LogP contribution in [0.1, 0.15) is 27.9 Å². The van der Waals surface area contributed by atoms with Crippen molar-refractivity contribution >= 4 is 40.5 Å². The summed E-state index contributed by atoms with van der Waals surface area (Å²) in [5.74, 6) is -1.84. The van der Waals surface area contributed by atoms with Crippen molar-refractivity contribution in [2.45, 2.75) is 24.7 Å². The maximum absolute atomic E-state index is 14.8. The molecule has 2 heterocycles. The van der Waals surface area contributed by atoms with Crippen molar-refractivity contribution in [2.24, 2.45) is 0 Å². The molecule has 39 heavy (non-hydrogen) atoms. The van der Waals surface area contributed by atoms with E-state index in [2.05, 4.69) is 26.3 Å². The fourth-order valence-corrected chi connectivity index (χ4v) is 4.19. The Bertz CT molecular complexity index is 1380. The highest BCUT2D eigenvalue weighted by Crippen LogP contribution is 2.37. The SMILES string of the molecule is CNc1cncc(C(=O)N[C@@]2(C(=O)NCc3ccc(Nc4ccc(Cl)cc4C(F)(F)F)cc3F)CCOC2)c1. The van der Waals surface area contributed by atoms with Gasteiger partial charge >= 0.3 is 6.18 Å². The van der Waals surface area contributed by atoms with E-state index < -0.39 is 34.9 Å². The maximum Gasteiger partial charge on any atom is 0.418 e. The van der Waals surface area contributed by atoms with Gasteiger partial charge in [-0.25, -0.2) is 4.39 Å².